The fourth-order valence-corrected chi connectivity index (χ4v) is 4.48. The van der Waals surface area contributed by atoms with Gasteiger partial charge in [-0.1, -0.05) is 0 Å². The van der Waals surface area contributed by atoms with Crippen molar-refractivity contribution in [3.63, 3.8) is 0 Å². The summed E-state index contributed by atoms with van der Waals surface area (Å²) in [5.74, 6) is -0.141. The van der Waals surface area contributed by atoms with Crippen LogP contribution in [0.1, 0.15) is 10.3 Å². The smallest absolute Gasteiger partial charge is 0.321 e. The van der Waals surface area contributed by atoms with E-state index in [0.717, 1.165) is 4.47 Å². The van der Waals surface area contributed by atoms with Crippen LogP contribution in [0.25, 0.3) is 0 Å². The van der Waals surface area contributed by atoms with E-state index >= 15 is 0 Å². The highest BCUT2D eigenvalue weighted by molar-refractivity contribution is 9.10. The summed E-state index contributed by atoms with van der Waals surface area (Å²) in [6.45, 7) is 0. The zero-order chi connectivity index (χ0) is 10.1. The Labute approximate surface area is 98.0 Å². The molecule has 0 amide bonds. The lowest BCUT2D eigenvalue weighted by molar-refractivity contribution is -0.138. The Hall–Kier alpha value is -0.0400. The number of hydrogen-bond acceptors (Lipinski definition) is 4. The van der Waals surface area contributed by atoms with Crippen LogP contribution in [0.5, 0.6) is 0 Å². The number of thiophene rings is 1. The van der Waals surface area contributed by atoms with Gasteiger partial charge in [0.1, 0.15) is 6.04 Å². The van der Waals surface area contributed by atoms with Crippen molar-refractivity contribution in [2.45, 2.75) is 11.4 Å². The SMILES string of the molecule is O=C(O)[C@H]1CSC(c2sccc2Br)N1. The van der Waals surface area contributed by atoms with Gasteiger partial charge in [-0.15, -0.1) is 23.1 Å². The average molecular weight is 294 g/mol. The van der Waals surface area contributed by atoms with Crippen LogP contribution in [0.2, 0.25) is 0 Å². The fraction of sp³-hybridized carbons (Fsp3) is 0.375. The molecule has 6 heteroatoms. The molecule has 1 unspecified atom stereocenters. The van der Waals surface area contributed by atoms with Gasteiger partial charge >= 0.3 is 5.97 Å². The van der Waals surface area contributed by atoms with Crippen LogP contribution >= 0.6 is 39.0 Å². The van der Waals surface area contributed by atoms with Gasteiger partial charge in [0.2, 0.25) is 0 Å². The van der Waals surface area contributed by atoms with Crippen LogP contribution in [-0.4, -0.2) is 22.9 Å². The van der Waals surface area contributed by atoms with E-state index in [9.17, 15) is 4.79 Å². The summed E-state index contributed by atoms with van der Waals surface area (Å²) in [5.41, 5.74) is 0. The minimum atomic E-state index is -0.771. The molecule has 2 heterocycles. The third kappa shape index (κ3) is 1.98. The maximum atomic E-state index is 10.7. The van der Waals surface area contributed by atoms with E-state index in [1.54, 1.807) is 23.1 Å². The maximum absolute atomic E-state index is 10.7. The van der Waals surface area contributed by atoms with Crippen LogP contribution in [0.15, 0.2) is 15.9 Å². The van der Waals surface area contributed by atoms with Gasteiger partial charge in [-0.2, -0.15) is 0 Å². The quantitative estimate of drug-likeness (QED) is 0.878. The Morgan fingerprint density at radius 3 is 3.00 bits per heavy atom. The van der Waals surface area contributed by atoms with E-state index in [4.69, 9.17) is 5.11 Å². The third-order valence-electron chi connectivity index (χ3n) is 1.96. The molecule has 0 aromatic carbocycles. The molecule has 3 nitrogen and oxygen atoms in total. The van der Waals surface area contributed by atoms with Gasteiger partial charge in [-0.3, -0.25) is 10.1 Å². The largest absolute Gasteiger partial charge is 0.480 e. The average Bonchev–Trinajstić information content (AvgIpc) is 2.71. The lowest BCUT2D eigenvalue weighted by Crippen LogP contribution is -2.33. The van der Waals surface area contributed by atoms with Crippen molar-refractivity contribution >= 4 is 45.0 Å². The number of carbonyl (C=O) groups is 1. The van der Waals surface area contributed by atoms with Gasteiger partial charge in [-0.25, -0.2) is 0 Å². The summed E-state index contributed by atoms with van der Waals surface area (Å²) in [6, 6.07) is 1.56. The van der Waals surface area contributed by atoms with Crippen LogP contribution in [0.3, 0.4) is 0 Å². The van der Waals surface area contributed by atoms with Gasteiger partial charge in [0.05, 0.1) is 5.37 Å². The molecular formula is C8H8BrNO2S2. The number of rotatable bonds is 2. The minimum absolute atomic E-state index is 0.116. The third-order valence-corrected chi connectivity index (χ3v) is 5.28. The standard InChI is InChI=1S/C8H8BrNO2S2/c9-4-1-2-13-6(4)7-10-5(3-14-7)8(11)12/h1-2,5,7,10H,3H2,(H,11,12)/t5-,7?/m1/s1. The molecule has 0 aliphatic carbocycles. The van der Waals surface area contributed by atoms with Crippen molar-refractivity contribution < 1.29 is 9.90 Å². The summed E-state index contributed by atoms with van der Waals surface area (Å²) in [4.78, 5) is 11.9. The van der Waals surface area contributed by atoms with E-state index in [-0.39, 0.29) is 5.37 Å². The molecule has 1 fully saturated rings. The molecule has 2 atom stereocenters. The lowest BCUT2D eigenvalue weighted by Gasteiger charge is -2.09. The van der Waals surface area contributed by atoms with Crippen molar-refractivity contribution in [1.29, 1.82) is 0 Å². The molecule has 0 radical (unpaired) electrons. The van der Waals surface area contributed by atoms with E-state index < -0.39 is 12.0 Å². The second-order valence-corrected chi connectivity index (χ2v) is 5.84. The summed E-state index contributed by atoms with van der Waals surface area (Å²) in [6.07, 6.45) is 0. The van der Waals surface area contributed by atoms with E-state index in [0.29, 0.717) is 5.75 Å². The predicted octanol–water partition coefficient (Wildman–Crippen LogP) is 2.30. The highest BCUT2D eigenvalue weighted by Crippen LogP contribution is 2.39. The molecular weight excluding hydrogens is 286 g/mol. The highest BCUT2D eigenvalue weighted by atomic mass is 79.9. The minimum Gasteiger partial charge on any atom is -0.480 e. The number of hydrogen-bond donors (Lipinski definition) is 2. The molecule has 1 aliphatic rings. The number of thioether (sulfide) groups is 1. The number of halogens is 1. The monoisotopic (exact) mass is 293 g/mol. The predicted molar refractivity (Wildman–Crippen MR) is 61.8 cm³/mol. The van der Waals surface area contributed by atoms with E-state index in [1.165, 1.54) is 4.88 Å². The van der Waals surface area contributed by atoms with Crippen LogP contribution in [0.4, 0.5) is 0 Å². The fourth-order valence-electron chi connectivity index (χ4n) is 1.26. The second-order valence-electron chi connectivity index (χ2n) is 2.90. The number of nitrogens with one attached hydrogen (secondary N) is 1. The second kappa shape index (κ2) is 4.22. The number of carboxylic acids is 1. The van der Waals surface area contributed by atoms with Gasteiger partial charge in [-0.05, 0) is 27.4 Å². The molecule has 1 saturated heterocycles. The van der Waals surface area contributed by atoms with Crippen LogP contribution < -0.4 is 5.32 Å². The molecule has 1 aromatic heterocycles. The van der Waals surface area contributed by atoms with Crippen LogP contribution in [-0.2, 0) is 4.79 Å². The zero-order valence-electron chi connectivity index (χ0n) is 7.07. The molecule has 1 aromatic rings. The first-order valence-electron chi connectivity index (χ1n) is 4.02. The first kappa shape index (κ1) is 10.5. The summed E-state index contributed by atoms with van der Waals surface area (Å²) >= 11 is 6.72. The Kier molecular flexibility index (Phi) is 3.16. The Balaban J connectivity index is 2.10. The molecule has 1 aliphatic heterocycles. The first-order chi connectivity index (χ1) is 6.68. The van der Waals surface area contributed by atoms with Crippen molar-refractivity contribution in [1.82, 2.24) is 5.32 Å². The summed E-state index contributed by atoms with van der Waals surface area (Å²) < 4.78 is 1.05. The topological polar surface area (TPSA) is 49.3 Å². The van der Waals surface area contributed by atoms with Crippen molar-refractivity contribution in [2.75, 3.05) is 5.75 Å². The maximum Gasteiger partial charge on any atom is 0.321 e. The number of carboxylic acid groups (broad SMARTS) is 1. The Morgan fingerprint density at radius 2 is 2.50 bits per heavy atom. The van der Waals surface area contributed by atoms with Gasteiger partial charge < -0.3 is 5.11 Å². The highest BCUT2D eigenvalue weighted by Gasteiger charge is 2.31. The normalized spacial score (nSPS) is 26.6. The lowest BCUT2D eigenvalue weighted by atomic mass is 10.3. The molecule has 0 spiro atoms. The molecule has 76 valence electrons. The first-order valence-corrected chi connectivity index (χ1v) is 6.74. The van der Waals surface area contributed by atoms with Crippen LogP contribution in [0, 0.1) is 0 Å². The van der Waals surface area contributed by atoms with E-state index in [2.05, 4.69) is 21.2 Å². The van der Waals surface area contributed by atoms with Gasteiger partial charge in [0.25, 0.3) is 0 Å². The Bertz CT molecular complexity index is 355. The van der Waals surface area contributed by atoms with Gasteiger partial charge in [0, 0.05) is 15.1 Å². The van der Waals surface area contributed by atoms with Crippen molar-refractivity contribution in [3.8, 4) is 0 Å². The van der Waals surface area contributed by atoms with Crippen molar-refractivity contribution in [3.05, 3.63) is 20.8 Å². The molecule has 0 saturated carbocycles. The Morgan fingerprint density at radius 1 is 1.71 bits per heavy atom. The summed E-state index contributed by atoms with van der Waals surface area (Å²) in [5, 5.41) is 14.0. The molecule has 2 rings (SSSR count). The van der Waals surface area contributed by atoms with E-state index in [1.807, 2.05) is 11.4 Å². The van der Waals surface area contributed by atoms with Gasteiger partial charge in [0.15, 0.2) is 0 Å². The summed E-state index contributed by atoms with van der Waals surface area (Å²) in [7, 11) is 0. The molecule has 14 heavy (non-hydrogen) atoms. The molecule has 0 bridgehead atoms. The molecule has 2 N–H and O–H groups in total. The zero-order valence-corrected chi connectivity index (χ0v) is 10.3. The number of aliphatic carboxylic acids is 1. The van der Waals surface area contributed by atoms with Crippen molar-refractivity contribution in [2.24, 2.45) is 0 Å².